The van der Waals surface area contributed by atoms with Crippen LogP contribution in [-0.4, -0.2) is 42.7 Å². The van der Waals surface area contributed by atoms with Crippen LogP contribution in [0.1, 0.15) is 33.2 Å². The Morgan fingerprint density at radius 2 is 2.22 bits per heavy atom. The first kappa shape index (κ1) is 15.0. The van der Waals surface area contributed by atoms with Crippen molar-refractivity contribution >= 4 is 0 Å². The van der Waals surface area contributed by atoms with E-state index >= 15 is 0 Å². The van der Waals surface area contributed by atoms with E-state index in [0.717, 1.165) is 25.3 Å². The van der Waals surface area contributed by atoms with Crippen LogP contribution in [0.4, 0.5) is 0 Å². The zero-order chi connectivity index (χ0) is 13.4. The highest BCUT2D eigenvalue weighted by Gasteiger charge is 2.11. The second kappa shape index (κ2) is 8.11. The third-order valence-corrected chi connectivity index (χ3v) is 2.56. The van der Waals surface area contributed by atoms with Crippen molar-refractivity contribution in [2.24, 2.45) is 0 Å². The molecule has 0 bridgehead atoms. The van der Waals surface area contributed by atoms with Crippen LogP contribution in [-0.2, 0) is 4.74 Å². The summed E-state index contributed by atoms with van der Waals surface area (Å²) in [6.45, 7) is 8.68. The van der Waals surface area contributed by atoms with Crippen LogP contribution in [0.15, 0.2) is 12.4 Å². The lowest BCUT2D eigenvalue weighted by molar-refractivity contribution is 0.0806. The molecule has 0 aliphatic carbocycles. The lowest BCUT2D eigenvalue weighted by Gasteiger charge is -2.17. The summed E-state index contributed by atoms with van der Waals surface area (Å²) < 4.78 is 12.9. The summed E-state index contributed by atoms with van der Waals surface area (Å²) in [6, 6.07) is 0.349. The molecule has 1 aromatic rings. The number of ether oxygens (including phenoxy) is 2. The van der Waals surface area contributed by atoms with Crippen molar-refractivity contribution in [3.63, 3.8) is 0 Å². The Labute approximate surface area is 109 Å². The van der Waals surface area contributed by atoms with Crippen LogP contribution in [0.5, 0.6) is 5.75 Å². The monoisotopic (exact) mass is 255 g/mol. The van der Waals surface area contributed by atoms with Gasteiger partial charge in [-0.2, -0.15) is 5.10 Å². The summed E-state index contributed by atoms with van der Waals surface area (Å²) in [5.74, 6) is 0.795. The molecule has 1 N–H and O–H groups in total. The van der Waals surface area contributed by atoms with Crippen LogP contribution in [0.25, 0.3) is 0 Å². The molecule has 0 aromatic carbocycles. The molecule has 0 fully saturated rings. The maximum absolute atomic E-state index is 5.86. The van der Waals surface area contributed by atoms with Gasteiger partial charge in [0.15, 0.2) is 5.75 Å². The maximum atomic E-state index is 5.86. The van der Waals surface area contributed by atoms with Gasteiger partial charge in [-0.25, -0.2) is 0 Å². The summed E-state index contributed by atoms with van der Waals surface area (Å²) in [6.07, 6.45) is 4.81. The smallest absolute Gasteiger partial charge is 0.157 e. The second-order valence-electron chi connectivity index (χ2n) is 4.65. The minimum absolute atomic E-state index is 0.0198. The predicted molar refractivity (Wildman–Crippen MR) is 72.1 cm³/mol. The van der Waals surface area contributed by atoms with Gasteiger partial charge < -0.3 is 14.8 Å². The minimum Gasteiger partial charge on any atom is -0.483 e. The number of hydrogen-bond acceptors (Lipinski definition) is 4. The van der Waals surface area contributed by atoms with Gasteiger partial charge in [0.25, 0.3) is 0 Å². The largest absolute Gasteiger partial charge is 0.483 e. The topological polar surface area (TPSA) is 48.3 Å². The molecule has 0 aliphatic heterocycles. The third-order valence-electron chi connectivity index (χ3n) is 2.56. The first-order valence-corrected chi connectivity index (χ1v) is 6.57. The molecule has 0 aliphatic rings. The molecule has 1 unspecified atom stereocenters. The molecule has 1 heterocycles. The predicted octanol–water partition coefficient (Wildman–Crippen LogP) is 1.86. The normalized spacial score (nSPS) is 12.9. The lowest BCUT2D eigenvalue weighted by atomic mass is 10.3. The van der Waals surface area contributed by atoms with Crippen LogP contribution in [0, 0.1) is 0 Å². The van der Waals surface area contributed by atoms with Crippen LogP contribution >= 0.6 is 0 Å². The molecular weight excluding hydrogens is 230 g/mol. The fourth-order valence-electron chi connectivity index (χ4n) is 1.62. The molecule has 0 amide bonds. The van der Waals surface area contributed by atoms with Gasteiger partial charge in [0, 0.05) is 19.7 Å². The van der Waals surface area contributed by atoms with E-state index in [-0.39, 0.29) is 6.10 Å². The van der Waals surface area contributed by atoms with Crippen molar-refractivity contribution in [2.45, 2.75) is 39.3 Å². The average molecular weight is 255 g/mol. The van der Waals surface area contributed by atoms with E-state index in [2.05, 4.69) is 31.2 Å². The fraction of sp³-hybridized carbons (Fsp3) is 0.769. The number of nitrogens with one attached hydrogen (secondary N) is 1. The van der Waals surface area contributed by atoms with E-state index in [0.29, 0.717) is 12.6 Å². The van der Waals surface area contributed by atoms with Crippen molar-refractivity contribution < 1.29 is 9.47 Å². The SMILES string of the molecule is CCCNCC(COC)Oc1cnn(C(C)C)c1. The van der Waals surface area contributed by atoms with Crippen LogP contribution < -0.4 is 10.1 Å². The summed E-state index contributed by atoms with van der Waals surface area (Å²) in [5, 5.41) is 7.59. The molecule has 1 aromatic heterocycles. The Hall–Kier alpha value is -1.07. The Morgan fingerprint density at radius 3 is 2.78 bits per heavy atom. The van der Waals surface area contributed by atoms with Gasteiger partial charge in [0.05, 0.1) is 19.0 Å². The third kappa shape index (κ3) is 5.06. The molecule has 0 saturated heterocycles. The molecule has 104 valence electrons. The van der Waals surface area contributed by atoms with Gasteiger partial charge in [-0.05, 0) is 26.8 Å². The van der Waals surface area contributed by atoms with E-state index in [1.165, 1.54) is 0 Å². The Morgan fingerprint density at radius 1 is 1.44 bits per heavy atom. The highest BCUT2D eigenvalue weighted by Crippen LogP contribution is 2.14. The van der Waals surface area contributed by atoms with Crippen molar-refractivity contribution in [3.8, 4) is 5.75 Å². The molecule has 1 rings (SSSR count). The van der Waals surface area contributed by atoms with Gasteiger partial charge in [-0.3, -0.25) is 4.68 Å². The molecule has 1 atom stereocenters. The van der Waals surface area contributed by atoms with Crippen molar-refractivity contribution in [3.05, 3.63) is 12.4 Å². The number of rotatable bonds is 9. The highest BCUT2D eigenvalue weighted by atomic mass is 16.5. The zero-order valence-corrected chi connectivity index (χ0v) is 11.8. The van der Waals surface area contributed by atoms with Gasteiger partial charge in [-0.15, -0.1) is 0 Å². The quantitative estimate of drug-likeness (QED) is 0.684. The molecule has 0 saturated carbocycles. The van der Waals surface area contributed by atoms with Crippen LogP contribution in [0.3, 0.4) is 0 Å². The fourth-order valence-corrected chi connectivity index (χ4v) is 1.62. The standard InChI is InChI=1S/C13H25N3O2/c1-5-6-14-7-13(10-17-4)18-12-8-15-16(9-12)11(2)3/h8-9,11,13-14H,5-7,10H2,1-4H3. The number of nitrogens with zero attached hydrogens (tertiary/aromatic N) is 2. The van der Waals surface area contributed by atoms with E-state index < -0.39 is 0 Å². The molecule has 0 spiro atoms. The van der Waals surface area contributed by atoms with Crippen LogP contribution in [0.2, 0.25) is 0 Å². The Balaban J connectivity index is 2.47. The summed E-state index contributed by atoms with van der Waals surface area (Å²) in [4.78, 5) is 0. The van der Waals surface area contributed by atoms with Crippen molar-refractivity contribution in [1.29, 1.82) is 0 Å². The molecular formula is C13H25N3O2. The van der Waals surface area contributed by atoms with Gasteiger partial charge >= 0.3 is 0 Å². The first-order valence-electron chi connectivity index (χ1n) is 6.57. The van der Waals surface area contributed by atoms with E-state index in [1.54, 1.807) is 13.3 Å². The molecule has 5 heteroatoms. The van der Waals surface area contributed by atoms with E-state index in [4.69, 9.17) is 9.47 Å². The summed E-state index contributed by atoms with van der Waals surface area (Å²) >= 11 is 0. The molecule has 5 nitrogen and oxygen atoms in total. The zero-order valence-electron chi connectivity index (χ0n) is 11.8. The van der Waals surface area contributed by atoms with E-state index in [9.17, 15) is 0 Å². The number of aromatic nitrogens is 2. The summed E-state index contributed by atoms with van der Waals surface area (Å²) in [5.41, 5.74) is 0. The lowest BCUT2D eigenvalue weighted by Crippen LogP contribution is -2.35. The minimum atomic E-state index is 0.0198. The van der Waals surface area contributed by atoms with Gasteiger partial charge in [0.2, 0.25) is 0 Å². The first-order chi connectivity index (χ1) is 8.67. The molecule has 18 heavy (non-hydrogen) atoms. The Bertz CT molecular complexity index is 326. The van der Waals surface area contributed by atoms with Gasteiger partial charge in [0.1, 0.15) is 6.10 Å². The average Bonchev–Trinajstić information content (AvgIpc) is 2.78. The van der Waals surface area contributed by atoms with E-state index in [1.807, 2.05) is 10.9 Å². The van der Waals surface area contributed by atoms with Gasteiger partial charge in [-0.1, -0.05) is 6.92 Å². The Kier molecular flexibility index (Phi) is 6.75. The maximum Gasteiger partial charge on any atom is 0.157 e. The highest BCUT2D eigenvalue weighted by molar-refractivity contribution is 5.12. The second-order valence-corrected chi connectivity index (χ2v) is 4.65. The van der Waals surface area contributed by atoms with Crippen molar-refractivity contribution in [2.75, 3.05) is 26.8 Å². The molecule has 0 radical (unpaired) electrons. The number of hydrogen-bond donors (Lipinski definition) is 1. The number of methoxy groups -OCH3 is 1. The summed E-state index contributed by atoms with van der Waals surface area (Å²) in [7, 11) is 1.69. The van der Waals surface area contributed by atoms with Crippen molar-refractivity contribution in [1.82, 2.24) is 15.1 Å².